The van der Waals surface area contributed by atoms with Crippen LogP contribution < -0.4 is 36.1 Å². The minimum Gasteiger partial charge on any atom is -0.756 e. The predicted octanol–water partition coefficient (Wildman–Crippen LogP) is -5.06. The summed E-state index contributed by atoms with van der Waals surface area (Å²) in [6.07, 6.45) is -9.96. The van der Waals surface area contributed by atoms with Crippen molar-refractivity contribution < 1.29 is 80.1 Å². The van der Waals surface area contributed by atoms with Gasteiger partial charge in [-0.2, -0.15) is 0 Å². The number of anilines is 1. The van der Waals surface area contributed by atoms with Crippen LogP contribution in [0.1, 0.15) is 18.3 Å². The summed E-state index contributed by atoms with van der Waals surface area (Å²) in [6, 6.07) is 0. The van der Waals surface area contributed by atoms with Gasteiger partial charge in [-0.1, -0.05) is 4.98 Å². The first kappa shape index (κ1) is 39.4. The van der Waals surface area contributed by atoms with Crippen LogP contribution in [0.5, 0.6) is 0 Å². The maximum absolute atomic E-state index is 12.5. The molecular weight excluding hydrogens is 783 g/mol. The largest absolute Gasteiger partial charge is 0.756 e. The van der Waals surface area contributed by atoms with E-state index in [1.807, 2.05) is 0 Å². The Morgan fingerprint density at radius 3 is 2.23 bits per heavy atom. The van der Waals surface area contributed by atoms with Gasteiger partial charge in [-0.15, -0.1) is 0 Å². The number of H-pyrrole nitrogens is 2. The minimum atomic E-state index is -6.34. The monoisotopic (exact) mass is 813 g/mol. The molecule has 4 aromatic rings. The number of phosphoric ester groups is 2. The Hall–Kier alpha value is -3.33. The fourth-order valence-corrected chi connectivity index (χ4v) is 9.17. The summed E-state index contributed by atoms with van der Waals surface area (Å²) >= 11 is 0. The van der Waals surface area contributed by atoms with Gasteiger partial charge in [-0.05, 0) is 6.92 Å². The number of aliphatic hydroxyl groups excluding tert-OH is 3. The second-order valence-corrected chi connectivity index (χ2v) is 16.1. The van der Waals surface area contributed by atoms with Crippen LogP contribution in [0.15, 0.2) is 22.2 Å². The number of ether oxygens (including phenoxy) is 3. The average Bonchev–Trinajstić information content (AvgIpc) is 3.76. The zero-order valence-corrected chi connectivity index (χ0v) is 29.9. The van der Waals surface area contributed by atoms with Gasteiger partial charge >= 0.3 is 5.65 Å². The number of aromatic amines is 2. The summed E-state index contributed by atoms with van der Waals surface area (Å²) in [7, 11) is -15.7. The number of hydrogen-bond donors (Lipinski definition) is 6. The molecule has 0 spiro atoms. The van der Waals surface area contributed by atoms with Crippen LogP contribution in [0, 0.1) is 6.92 Å². The predicted molar refractivity (Wildman–Crippen MR) is 162 cm³/mol. The summed E-state index contributed by atoms with van der Waals surface area (Å²) < 4.78 is 73.9. The number of aryl methyl sites for hydroxylation is 2. The molecule has 5 unspecified atom stereocenters. The summed E-state index contributed by atoms with van der Waals surface area (Å²) in [5.74, 6) is -0.0825. The van der Waals surface area contributed by atoms with Gasteiger partial charge in [0.2, 0.25) is 11.7 Å². The second-order valence-electron chi connectivity index (χ2n) is 11.6. The van der Waals surface area contributed by atoms with Crippen LogP contribution in [0.4, 0.5) is 5.95 Å². The molecule has 7 N–H and O–H groups in total. The van der Waals surface area contributed by atoms with Crippen LogP contribution in [-0.4, -0.2) is 106 Å². The van der Waals surface area contributed by atoms with Crippen molar-refractivity contribution in [1.29, 1.82) is 0 Å². The second kappa shape index (κ2) is 14.4. The average molecular weight is 813 g/mol. The molecular formula is C23H30N9O18P3-2. The van der Waals surface area contributed by atoms with Crippen molar-refractivity contribution in [2.75, 3.05) is 26.1 Å². The van der Waals surface area contributed by atoms with E-state index < -0.39 is 96.9 Å². The van der Waals surface area contributed by atoms with Crippen molar-refractivity contribution in [3.05, 3.63) is 39.2 Å². The Labute approximate surface area is 294 Å². The third-order valence-electron chi connectivity index (χ3n) is 8.00. The molecule has 27 nitrogen and oxygen atoms in total. The zero-order chi connectivity index (χ0) is 38.8. The number of hydrogen-bond acceptors (Lipinski definition) is 22. The van der Waals surface area contributed by atoms with Gasteiger partial charge < -0.3 is 64.0 Å². The molecule has 2 aliphatic rings. The van der Waals surface area contributed by atoms with Crippen LogP contribution >= 0.6 is 23.5 Å². The fourth-order valence-electron chi connectivity index (χ4n) is 5.79. The Bertz CT molecular complexity index is 2300. The quantitative estimate of drug-likeness (QED) is 0.0543. The summed E-state index contributed by atoms with van der Waals surface area (Å²) in [5, 5.41) is 31.9. The van der Waals surface area contributed by atoms with Crippen molar-refractivity contribution in [2.45, 2.75) is 56.0 Å². The van der Waals surface area contributed by atoms with Gasteiger partial charge in [0, 0.05) is 7.11 Å². The highest BCUT2D eigenvalue weighted by Gasteiger charge is 2.49. The number of nitrogens with two attached hydrogens (primary N) is 1. The van der Waals surface area contributed by atoms with Crippen molar-refractivity contribution >= 4 is 51.7 Å². The van der Waals surface area contributed by atoms with Crippen molar-refractivity contribution in [1.82, 2.24) is 34.1 Å². The van der Waals surface area contributed by atoms with E-state index in [1.165, 1.54) is 29.4 Å². The molecule has 0 aromatic carbocycles. The number of methoxy groups -OCH3 is 1. The molecule has 11 atom stereocenters. The maximum Gasteiger partial charge on any atom is 0.313 e. The first-order valence-corrected chi connectivity index (χ1v) is 19.3. The molecule has 6 rings (SSSR count). The van der Waals surface area contributed by atoms with E-state index in [-0.39, 0.29) is 34.1 Å². The van der Waals surface area contributed by atoms with Crippen LogP contribution in [0.3, 0.4) is 0 Å². The van der Waals surface area contributed by atoms with Gasteiger partial charge in [0.15, 0.2) is 23.7 Å². The number of nitrogen functional groups attached to an aromatic ring is 1. The van der Waals surface area contributed by atoms with Gasteiger partial charge in [0.05, 0.1) is 26.6 Å². The van der Waals surface area contributed by atoms with Crippen molar-refractivity contribution in [2.24, 2.45) is 7.05 Å². The molecule has 53 heavy (non-hydrogen) atoms. The van der Waals surface area contributed by atoms with Gasteiger partial charge in [0.1, 0.15) is 42.4 Å². The molecule has 0 aliphatic carbocycles. The van der Waals surface area contributed by atoms with Gasteiger partial charge in [0.25, 0.3) is 40.5 Å². The van der Waals surface area contributed by atoms with Gasteiger partial charge in [-0.3, -0.25) is 37.4 Å². The number of rotatable bonds is 13. The molecule has 30 heteroatoms. The summed E-state index contributed by atoms with van der Waals surface area (Å²) in [5.41, 5.74) is 4.24. The number of imidazole rings is 2. The van der Waals surface area contributed by atoms with E-state index >= 15 is 0 Å². The highest BCUT2D eigenvalue weighted by Crippen LogP contribution is 2.63. The lowest BCUT2D eigenvalue weighted by atomic mass is 10.1. The summed E-state index contributed by atoms with van der Waals surface area (Å²) in [4.78, 5) is 78.4. The van der Waals surface area contributed by atoms with E-state index in [2.05, 4.69) is 42.6 Å². The molecule has 0 saturated carbocycles. The smallest absolute Gasteiger partial charge is 0.313 e. The SMILES string of the molecule is COC1[C@@H](COP(=O)([O-])OP(=O)([O-])OP(=O)([O-])OC[C@H]2O[C@@H](n3cnc4c(=O)[nH]c(C)nc43)C(O)[C@H]2O)O[C@@H]([n+]2cn(C)c3c(=O)[nH]c(N)nc32)[C@H]1O. The first-order chi connectivity index (χ1) is 24.7. The fraction of sp³-hybridized carbons (Fsp3) is 0.565. The molecule has 4 aromatic heterocycles. The number of nitrogens with zero attached hydrogens (tertiary/aromatic N) is 6. The van der Waals surface area contributed by atoms with Crippen molar-refractivity contribution in [3.8, 4) is 0 Å². The Balaban J connectivity index is 1.06. The van der Waals surface area contributed by atoms with Crippen LogP contribution in [0.25, 0.3) is 22.3 Å². The molecule has 0 bridgehead atoms. The highest BCUT2D eigenvalue weighted by atomic mass is 31.3. The lowest BCUT2D eigenvalue weighted by Crippen LogP contribution is -2.46. The Morgan fingerprint density at radius 1 is 0.943 bits per heavy atom. The van der Waals surface area contributed by atoms with Crippen LogP contribution in [0.2, 0.25) is 0 Å². The number of nitrogens with one attached hydrogen (secondary N) is 2. The Kier molecular flexibility index (Phi) is 10.7. The lowest BCUT2D eigenvalue weighted by molar-refractivity contribution is -0.745. The Morgan fingerprint density at radius 2 is 1.58 bits per heavy atom. The zero-order valence-electron chi connectivity index (χ0n) is 27.3. The van der Waals surface area contributed by atoms with Gasteiger partial charge in [-0.25, -0.2) is 23.2 Å². The van der Waals surface area contributed by atoms with Crippen LogP contribution in [-0.2, 0) is 52.6 Å². The van der Waals surface area contributed by atoms with E-state index in [4.69, 9.17) is 19.9 Å². The standard InChI is InChI=1S/C23H32N9O18P3/c1-8-26-17-11(19(36)27-8)25-6-31(17)21-14(34)13(33)9(47-21)4-45-51(38,39)49-53(42,43)50-52(40,41)46-5-10-16(44-3)15(35)22(48-10)32-7-30(2)12-18(32)28-23(24)29-20(12)37/h6-7,9-10,13-16,21-22,33-35H,4-5H2,1-3H3,(H6-,24,26,27,28,29,36,37,38,39,40,41,42,43)/p-2/t9-,10-,13+,14?,15+,16?,21-,22-/m1/s1. The topological polar surface area (TPSA) is 390 Å². The number of fused-ring (bicyclic) bond motifs is 2. The molecule has 0 amide bonds. The third kappa shape index (κ3) is 7.92. The molecule has 2 aliphatic heterocycles. The molecule has 0 radical (unpaired) electrons. The summed E-state index contributed by atoms with van der Waals surface area (Å²) in [6.45, 7) is -0.741. The number of phosphoric acid groups is 3. The third-order valence-corrected chi connectivity index (χ3v) is 12.1. The molecule has 292 valence electrons. The van der Waals surface area contributed by atoms with E-state index in [0.717, 1.165) is 18.0 Å². The number of aliphatic hydroxyl groups is 3. The van der Waals surface area contributed by atoms with E-state index in [9.17, 15) is 53.3 Å². The molecule has 2 saturated heterocycles. The van der Waals surface area contributed by atoms with Crippen molar-refractivity contribution in [3.63, 3.8) is 0 Å². The van der Waals surface area contributed by atoms with E-state index in [1.54, 1.807) is 0 Å². The van der Waals surface area contributed by atoms with E-state index in [0.29, 0.717) is 0 Å². The number of aromatic nitrogens is 8. The molecule has 2 fully saturated rings. The minimum absolute atomic E-state index is 0.0252. The normalized spacial score (nSPS) is 29.8. The lowest BCUT2D eigenvalue weighted by Gasteiger charge is -2.35. The highest BCUT2D eigenvalue weighted by molar-refractivity contribution is 7.65. The molecule has 6 heterocycles. The maximum atomic E-state index is 12.5. The first-order valence-electron chi connectivity index (χ1n) is 14.9.